The average molecular weight is 319 g/mol. The highest BCUT2D eigenvalue weighted by Gasteiger charge is 2.18. The number of aryl methyl sites for hydroxylation is 1. The molecule has 0 radical (unpaired) electrons. The van der Waals surface area contributed by atoms with Gasteiger partial charge in [-0.2, -0.15) is 0 Å². The second kappa shape index (κ2) is 6.72. The van der Waals surface area contributed by atoms with Gasteiger partial charge in [0.2, 0.25) is 10.0 Å². The van der Waals surface area contributed by atoms with E-state index >= 15 is 0 Å². The number of hydrogen-bond acceptors (Lipinski definition) is 4. The summed E-state index contributed by atoms with van der Waals surface area (Å²) in [5.41, 5.74) is 1.75. The van der Waals surface area contributed by atoms with Gasteiger partial charge in [-0.1, -0.05) is 36.4 Å². The first-order valence-corrected chi connectivity index (χ1v) is 8.15. The van der Waals surface area contributed by atoms with Crippen molar-refractivity contribution in [2.75, 3.05) is 7.11 Å². The molecular weight excluding hydrogens is 302 g/mol. The van der Waals surface area contributed by atoms with Crippen molar-refractivity contribution in [1.29, 1.82) is 0 Å². The SMILES string of the molecule is COC(=O)c1cc(S(=O)(=O)NCc2ccccc2)ccc1C. The van der Waals surface area contributed by atoms with E-state index in [0.29, 0.717) is 5.56 Å². The Morgan fingerprint density at radius 3 is 2.45 bits per heavy atom. The number of carbonyl (C=O) groups is 1. The fourth-order valence-electron chi connectivity index (χ4n) is 1.96. The molecule has 0 aliphatic carbocycles. The Bertz CT molecular complexity index is 770. The highest BCUT2D eigenvalue weighted by atomic mass is 32.2. The van der Waals surface area contributed by atoms with Crippen molar-refractivity contribution in [3.05, 3.63) is 65.2 Å². The summed E-state index contributed by atoms with van der Waals surface area (Å²) in [5, 5.41) is 0. The van der Waals surface area contributed by atoms with E-state index in [4.69, 9.17) is 0 Å². The van der Waals surface area contributed by atoms with Gasteiger partial charge in [0.05, 0.1) is 17.6 Å². The molecule has 0 unspecified atom stereocenters. The quantitative estimate of drug-likeness (QED) is 0.858. The largest absolute Gasteiger partial charge is 0.465 e. The predicted molar refractivity (Wildman–Crippen MR) is 83.0 cm³/mol. The van der Waals surface area contributed by atoms with E-state index in [1.165, 1.54) is 19.2 Å². The van der Waals surface area contributed by atoms with Crippen molar-refractivity contribution < 1.29 is 17.9 Å². The lowest BCUT2D eigenvalue weighted by molar-refractivity contribution is 0.0599. The van der Waals surface area contributed by atoms with Crippen molar-refractivity contribution in [2.45, 2.75) is 18.4 Å². The molecule has 0 atom stereocenters. The van der Waals surface area contributed by atoms with E-state index in [1.807, 2.05) is 30.3 Å². The van der Waals surface area contributed by atoms with Crippen LogP contribution in [0.2, 0.25) is 0 Å². The molecule has 1 N–H and O–H groups in total. The molecule has 0 fully saturated rings. The highest BCUT2D eigenvalue weighted by Crippen LogP contribution is 2.17. The van der Waals surface area contributed by atoms with Crippen LogP contribution in [0.25, 0.3) is 0 Å². The second-order valence-corrected chi connectivity index (χ2v) is 6.55. The van der Waals surface area contributed by atoms with E-state index in [2.05, 4.69) is 9.46 Å². The van der Waals surface area contributed by atoms with Crippen LogP contribution in [0.3, 0.4) is 0 Å². The van der Waals surface area contributed by atoms with Crippen LogP contribution >= 0.6 is 0 Å². The minimum atomic E-state index is -3.70. The lowest BCUT2D eigenvalue weighted by Crippen LogP contribution is -2.23. The van der Waals surface area contributed by atoms with Crippen molar-refractivity contribution in [3.8, 4) is 0 Å². The summed E-state index contributed by atoms with van der Waals surface area (Å²) in [4.78, 5) is 11.7. The minimum absolute atomic E-state index is 0.0365. The van der Waals surface area contributed by atoms with Crippen LogP contribution in [0, 0.1) is 6.92 Å². The van der Waals surface area contributed by atoms with Gasteiger partial charge in [-0.3, -0.25) is 0 Å². The van der Waals surface area contributed by atoms with E-state index in [1.54, 1.807) is 13.0 Å². The van der Waals surface area contributed by atoms with Crippen molar-refractivity contribution in [3.63, 3.8) is 0 Å². The molecule has 2 aromatic rings. The fourth-order valence-corrected chi connectivity index (χ4v) is 3.00. The highest BCUT2D eigenvalue weighted by molar-refractivity contribution is 7.89. The average Bonchev–Trinajstić information content (AvgIpc) is 2.53. The van der Waals surface area contributed by atoms with Gasteiger partial charge in [-0.05, 0) is 30.2 Å². The third kappa shape index (κ3) is 3.72. The molecule has 22 heavy (non-hydrogen) atoms. The van der Waals surface area contributed by atoms with Crippen LogP contribution < -0.4 is 4.72 Å². The molecule has 6 heteroatoms. The number of esters is 1. The Hall–Kier alpha value is -2.18. The zero-order chi connectivity index (χ0) is 16.2. The summed E-state index contributed by atoms with van der Waals surface area (Å²) >= 11 is 0. The van der Waals surface area contributed by atoms with E-state index in [9.17, 15) is 13.2 Å². The maximum absolute atomic E-state index is 12.3. The van der Waals surface area contributed by atoms with Crippen LogP contribution in [0.4, 0.5) is 0 Å². The first-order valence-electron chi connectivity index (χ1n) is 6.66. The molecule has 2 aromatic carbocycles. The van der Waals surface area contributed by atoms with Crippen LogP contribution in [0.5, 0.6) is 0 Å². The van der Waals surface area contributed by atoms with Gasteiger partial charge in [0.15, 0.2) is 0 Å². The number of benzene rings is 2. The van der Waals surface area contributed by atoms with Gasteiger partial charge in [-0.15, -0.1) is 0 Å². The molecule has 5 nitrogen and oxygen atoms in total. The Morgan fingerprint density at radius 1 is 1.14 bits per heavy atom. The molecule has 0 amide bonds. The summed E-state index contributed by atoms with van der Waals surface area (Å²) in [6, 6.07) is 13.6. The van der Waals surface area contributed by atoms with Crippen LogP contribution in [-0.2, 0) is 21.3 Å². The molecule has 0 aromatic heterocycles. The summed E-state index contributed by atoms with van der Waals surface area (Å²) in [7, 11) is -2.44. The summed E-state index contributed by atoms with van der Waals surface area (Å²) in [6.45, 7) is 1.91. The lowest BCUT2D eigenvalue weighted by atomic mass is 10.1. The maximum atomic E-state index is 12.3. The minimum Gasteiger partial charge on any atom is -0.465 e. The standard InChI is InChI=1S/C16H17NO4S/c1-12-8-9-14(10-15(12)16(18)21-2)22(19,20)17-11-13-6-4-3-5-7-13/h3-10,17H,11H2,1-2H3. The van der Waals surface area contributed by atoms with Crippen LogP contribution in [-0.4, -0.2) is 21.5 Å². The molecular formula is C16H17NO4S. The number of hydrogen-bond donors (Lipinski definition) is 1. The first-order chi connectivity index (χ1) is 10.4. The Kier molecular flexibility index (Phi) is 4.95. The number of ether oxygens (including phenoxy) is 1. The molecule has 0 spiro atoms. The van der Waals surface area contributed by atoms with Gasteiger partial charge in [0.1, 0.15) is 0 Å². The van der Waals surface area contributed by atoms with Crippen molar-refractivity contribution >= 4 is 16.0 Å². The summed E-state index contributed by atoms with van der Waals surface area (Å²) in [6.07, 6.45) is 0. The number of carbonyl (C=O) groups excluding carboxylic acids is 1. The topological polar surface area (TPSA) is 72.5 Å². The lowest BCUT2D eigenvalue weighted by Gasteiger charge is -2.09. The van der Waals surface area contributed by atoms with Gasteiger partial charge in [-0.25, -0.2) is 17.9 Å². The zero-order valence-electron chi connectivity index (χ0n) is 12.4. The zero-order valence-corrected chi connectivity index (χ0v) is 13.2. The normalized spacial score (nSPS) is 11.2. The van der Waals surface area contributed by atoms with Crippen LogP contribution in [0.1, 0.15) is 21.5 Å². The summed E-state index contributed by atoms with van der Waals surface area (Å²) in [5.74, 6) is -0.558. The van der Waals surface area contributed by atoms with Crippen LogP contribution in [0.15, 0.2) is 53.4 Å². The fraction of sp³-hybridized carbons (Fsp3) is 0.188. The third-order valence-electron chi connectivity index (χ3n) is 3.23. The number of sulfonamides is 1. The van der Waals surface area contributed by atoms with E-state index < -0.39 is 16.0 Å². The molecule has 2 rings (SSSR count). The van der Waals surface area contributed by atoms with E-state index in [0.717, 1.165) is 5.56 Å². The van der Waals surface area contributed by atoms with Crippen molar-refractivity contribution in [1.82, 2.24) is 4.72 Å². The molecule has 0 heterocycles. The second-order valence-electron chi connectivity index (χ2n) is 4.78. The number of rotatable bonds is 5. The molecule has 0 aliphatic rings. The molecule has 0 aliphatic heterocycles. The third-order valence-corrected chi connectivity index (χ3v) is 4.63. The number of nitrogens with one attached hydrogen (secondary N) is 1. The number of methoxy groups -OCH3 is 1. The Balaban J connectivity index is 2.24. The smallest absolute Gasteiger partial charge is 0.338 e. The molecule has 116 valence electrons. The van der Waals surface area contributed by atoms with E-state index in [-0.39, 0.29) is 17.0 Å². The first kappa shape index (κ1) is 16.2. The van der Waals surface area contributed by atoms with Gasteiger partial charge in [0.25, 0.3) is 0 Å². The van der Waals surface area contributed by atoms with Crippen molar-refractivity contribution in [2.24, 2.45) is 0 Å². The summed E-state index contributed by atoms with van der Waals surface area (Å²) < 4.78 is 31.8. The molecule has 0 saturated heterocycles. The Morgan fingerprint density at radius 2 is 1.82 bits per heavy atom. The maximum Gasteiger partial charge on any atom is 0.338 e. The Labute approximate surface area is 130 Å². The molecule has 0 saturated carbocycles. The van der Waals surface area contributed by atoms with Gasteiger partial charge in [0, 0.05) is 6.54 Å². The predicted octanol–water partition coefficient (Wildman–Crippen LogP) is 2.26. The van der Waals surface area contributed by atoms with Gasteiger partial charge < -0.3 is 4.74 Å². The monoisotopic (exact) mass is 319 g/mol. The molecule has 0 bridgehead atoms. The van der Waals surface area contributed by atoms with Gasteiger partial charge >= 0.3 is 5.97 Å².